The first-order valence-corrected chi connectivity index (χ1v) is 6.66. The first-order chi connectivity index (χ1) is 8.24. The third-order valence-electron chi connectivity index (χ3n) is 3.16. The maximum Gasteiger partial charge on any atom is 0.407 e. The summed E-state index contributed by atoms with van der Waals surface area (Å²) in [5.41, 5.74) is 0. The second-order valence-corrected chi connectivity index (χ2v) is 4.59. The van der Waals surface area contributed by atoms with E-state index in [0.29, 0.717) is 19.2 Å². The van der Waals surface area contributed by atoms with Gasteiger partial charge in [0, 0.05) is 19.1 Å². The Morgan fingerprint density at radius 3 is 3.06 bits per heavy atom. The molecular formula is C12H25N3O2. The van der Waals surface area contributed by atoms with E-state index in [2.05, 4.69) is 12.2 Å². The Morgan fingerprint density at radius 1 is 1.53 bits per heavy atom. The fourth-order valence-electron chi connectivity index (χ4n) is 2.04. The van der Waals surface area contributed by atoms with E-state index < -0.39 is 0 Å². The lowest BCUT2D eigenvalue weighted by molar-refractivity contribution is 0.101. The molecule has 0 aliphatic carbocycles. The van der Waals surface area contributed by atoms with E-state index >= 15 is 0 Å². The summed E-state index contributed by atoms with van der Waals surface area (Å²) >= 11 is 0. The van der Waals surface area contributed by atoms with E-state index in [4.69, 9.17) is 10.6 Å². The van der Waals surface area contributed by atoms with Crippen LogP contribution in [0.2, 0.25) is 0 Å². The molecule has 1 saturated heterocycles. The molecule has 3 N–H and O–H groups in total. The van der Waals surface area contributed by atoms with Crippen LogP contribution in [0.5, 0.6) is 0 Å². The molecular weight excluding hydrogens is 218 g/mol. The number of hydrogen-bond donors (Lipinski definition) is 2. The van der Waals surface area contributed by atoms with Gasteiger partial charge >= 0.3 is 6.09 Å². The number of nitrogens with one attached hydrogen (secondary N) is 1. The quantitative estimate of drug-likeness (QED) is 0.549. The second-order valence-electron chi connectivity index (χ2n) is 4.59. The van der Waals surface area contributed by atoms with Gasteiger partial charge in [-0.15, -0.1) is 0 Å². The lowest BCUT2D eigenvalue weighted by Crippen LogP contribution is -2.45. The van der Waals surface area contributed by atoms with Crippen molar-refractivity contribution in [3.05, 3.63) is 0 Å². The van der Waals surface area contributed by atoms with E-state index in [1.54, 1.807) is 0 Å². The molecule has 1 unspecified atom stereocenters. The van der Waals surface area contributed by atoms with E-state index in [1.165, 1.54) is 12.8 Å². The standard InChI is InChI=1S/C12H25N3O2/c1-2-3-8-14-12(16)17-10-7-11-6-4-5-9-15(11)13/h11H,2-10,13H2,1H3,(H,14,16). The fraction of sp³-hybridized carbons (Fsp3) is 0.917. The molecule has 1 heterocycles. The molecule has 1 fully saturated rings. The van der Waals surface area contributed by atoms with Gasteiger partial charge in [0.05, 0.1) is 6.61 Å². The molecule has 0 bridgehead atoms. The van der Waals surface area contributed by atoms with Gasteiger partial charge in [0.2, 0.25) is 0 Å². The number of nitrogens with two attached hydrogens (primary N) is 1. The summed E-state index contributed by atoms with van der Waals surface area (Å²) in [5, 5.41) is 4.60. The number of hydrazine groups is 1. The van der Waals surface area contributed by atoms with Crippen LogP contribution in [0, 0.1) is 0 Å². The lowest BCUT2D eigenvalue weighted by atomic mass is 10.0. The normalized spacial score (nSPS) is 21.2. The summed E-state index contributed by atoms with van der Waals surface area (Å²) < 4.78 is 5.11. The molecule has 0 aromatic carbocycles. The summed E-state index contributed by atoms with van der Waals surface area (Å²) in [7, 11) is 0. The molecule has 1 atom stereocenters. The number of carbonyl (C=O) groups is 1. The van der Waals surface area contributed by atoms with E-state index in [0.717, 1.165) is 32.2 Å². The first-order valence-electron chi connectivity index (χ1n) is 6.66. The van der Waals surface area contributed by atoms with Crippen molar-refractivity contribution in [3.8, 4) is 0 Å². The molecule has 0 radical (unpaired) electrons. The lowest BCUT2D eigenvalue weighted by Gasteiger charge is -2.31. The number of piperidine rings is 1. The predicted octanol–water partition coefficient (Wildman–Crippen LogP) is 1.63. The van der Waals surface area contributed by atoms with Crippen LogP contribution < -0.4 is 11.2 Å². The zero-order chi connectivity index (χ0) is 12.5. The molecule has 1 aliphatic heterocycles. The topological polar surface area (TPSA) is 67.6 Å². The summed E-state index contributed by atoms with van der Waals surface area (Å²) in [4.78, 5) is 11.3. The van der Waals surface area contributed by atoms with Gasteiger partial charge in [0.25, 0.3) is 0 Å². The summed E-state index contributed by atoms with van der Waals surface area (Å²) in [6.07, 6.45) is 6.10. The van der Waals surface area contributed by atoms with Gasteiger partial charge in [-0.25, -0.2) is 9.80 Å². The number of hydrogen-bond acceptors (Lipinski definition) is 4. The fourth-order valence-corrected chi connectivity index (χ4v) is 2.04. The Labute approximate surface area is 104 Å². The molecule has 1 rings (SSSR count). The van der Waals surface area contributed by atoms with Crippen LogP contribution >= 0.6 is 0 Å². The zero-order valence-electron chi connectivity index (χ0n) is 10.8. The maximum absolute atomic E-state index is 11.3. The predicted molar refractivity (Wildman–Crippen MR) is 67.4 cm³/mol. The van der Waals surface area contributed by atoms with Crippen molar-refractivity contribution in [2.45, 2.75) is 51.5 Å². The van der Waals surface area contributed by atoms with Gasteiger partial charge in [0.15, 0.2) is 0 Å². The number of amides is 1. The molecule has 100 valence electrons. The smallest absolute Gasteiger partial charge is 0.407 e. The second kappa shape index (κ2) is 8.31. The Bertz CT molecular complexity index is 224. The number of unbranched alkanes of at least 4 members (excludes halogenated alkanes) is 1. The molecule has 0 aromatic heterocycles. The van der Waals surface area contributed by atoms with Crippen molar-refractivity contribution in [1.82, 2.24) is 10.3 Å². The van der Waals surface area contributed by atoms with Crippen LogP contribution in [0.15, 0.2) is 0 Å². The highest BCUT2D eigenvalue weighted by Gasteiger charge is 2.19. The van der Waals surface area contributed by atoms with E-state index in [9.17, 15) is 4.79 Å². The molecule has 0 spiro atoms. The van der Waals surface area contributed by atoms with Crippen LogP contribution in [0.3, 0.4) is 0 Å². The highest BCUT2D eigenvalue weighted by atomic mass is 16.5. The summed E-state index contributed by atoms with van der Waals surface area (Å²) in [6.45, 7) is 4.19. The van der Waals surface area contributed by atoms with Gasteiger partial charge in [-0.05, 0) is 25.7 Å². The number of alkyl carbamates (subject to hydrolysis) is 1. The molecule has 17 heavy (non-hydrogen) atoms. The Hall–Kier alpha value is -0.810. The molecule has 1 amide bonds. The average molecular weight is 243 g/mol. The van der Waals surface area contributed by atoms with Crippen molar-refractivity contribution in [3.63, 3.8) is 0 Å². The third-order valence-corrected chi connectivity index (χ3v) is 3.16. The molecule has 5 nitrogen and oxygen atoms in total. The van der Waals surface area contributed by atoms with Gasteiger partial charge in [0.1, 0.15) is 0 Å². The molecule has 0 saturated carbocycles. The van der Waals surface area contributed by atoms with Crippen LogP contribution in [0.25, 0.3) is 0 Å². The van der Waals surface area contributed by atoms with Crippen LogP contribution in [0.1, 0.15) is 45.4 Å². The largest absolute Gasteiger partial charge is 0.450 e. The SMILES string of the molecule is CCCCNC(=O)OCCC1CCCCN1N. The highest BCUT2D eigenvalue weighted by molar-refractivity contribution is 5.66. The molecule has 1 aliphatic rings. The van der Waals surface area contributed by atoms with Crippen molar-refractivity contribution >= 4 is 6.09 Å². The van der Waals surface area contributed by atoms with Crippen molar-refractivity contribution < 1.29 is 9.53 Å². The van der Waals surface area contributed by atoms with E-state index in [-0.39, 0.29) is 6.09 Å². The minimum Gasteiger partial charge on any atom is -0.450 e. The van der Waals surface area contributed by atoms with E-state index in [1.807, 2.05) is 5.01 Å². The minimum atomic E-state index is -0.308. The molecule has 5 heteroatoms. The van der Waals surface area contributed by atoms with Crippen molar-refractivity contribution in [2.24, 2.45) is 5.84 Å². The number of ether oxygens (including phenoxy) is 1. The van der Waals surface area contributed by atoms with Gasteiger partial charge in [-0.1, -0.05) is 19.8 Å². The summed E-state index contributed by atoms with van der Waals surface area (Å²) in [5.74, 6) is 5.87. The first kappa shape index (κ1) is 14.3. The third kappa shape index (κ3) is 5.89. The van der Waals surface area contributed by atoms with Crippen LogP contribution in [0.4, 0.5) is 4.79 Å². The highest BCUT2D eigenvalue weighted by Crippen LogP contribution is 2.16. The number of nitrogens with zero attached hydrogens (tertiary/aromatic N) is 1. The maximum atomic E-state index is 11.3. The molecule has 0 aromatic rings. The van der Waals surface area contributed by atoms with Gasteiger partial charge < -0.3 is 10.1 Å². The number of rotatable bonds is 6. The Kier molecular flexibility index (Phi) is 6.96. The average Bonchev–Trinajstić information content (AvgIpc) is 2.32. The minimum absolute atomic E-state index is 0.308. The van der Waals surface area contributed by atoms with Crippen molar-refractivity contribution in [2.75, 3.05) is 19.7 Å². The zero-order valence-corrected chi connectivity index (χ0v) is 10.8. The van der Waals surface area contributed by atoms with Crippen molar-refractivity contribution in [1.29, 1.82) is 0 Å². The van der Waals surface area contributed by atoms with Crippen LogP contribution in [-0.2, 0) is 4.74 Å². The Morgan fingerprint density at radius 2 is 2.35 bits per heavy atom. The summed E-state index contributed by atoms with van der Waals surface area (Å²) in [6, 6.07) is 0.368. The van der Waals surface area contributed by atoms with Gasteiger partial charge in [-0.3, -0.25) is 5.84 Å². The monoisotopic (exact) mass is 243 g/mol. The van der Waals surface area contributed by atoms with Gasteiger partial charge in [-0.2, -0.15) is 0 Å². The number of carbonyl (C=O) groups excluding carboxylic acids is 1. The Balaban J connectivity index is 2.04. The van der Waals surface area contributed by atoms with Crippen LogP contribution in [-0.4, -0.2) is 36.8 Å².